The zero-order chi connectivity index (χ0) is 28.2. The number of hydrogen-bond donors (Lipinski definition) is 2. The standard InChI is InChI=1S/C31H36N6O4/c1-40-26-12-11-21-18-25-23(22-8-4-5-9-24(22)33-25)13-14-32-29(38)20-36(15-7-17-41-27(26)19-21)31(39)30-35-34-28-10-3-2-6-16-37(28)30/h4-5,8-9,11-12,19,33H,2-3,6-7,10,13-18,20H2,1H3,(H,32,38). The summed E-state index contributed by atoms with van der Waals surface area (Å²) in [7, 11) is 1.63. The van der Waals surface area contributed by atoms with Gasteiger partial charge in [0.1, 0.15) is 5.82 Å². The van der Waals surface area contributed by atoms with Crippen molar-refractivity contribution in [3.05, 3.63) is 70.9 Å². The first-order chi connectivity index (χ1) is 20.1. The summed E-state index contributed by atoms with van der Waals surface area (Å²) < 4.78 is 13.7. The van der Waals surface area contributed by atoms with Crippen molar-refractivity contribution in [2.45, 2.75) is 51.5 Å². The minimum Gasteiger partial charge on any atom is -0.493 e. The largest absolute Gasteiger partial charge is 0.493 e. The maximum Gasteiger partial charge on any atom is 0.292 e. The highest BCUT2D eigenvalue weighted by Gasteiger charge is 2.26. The average Bonchev–Trinajstić information content (AvgIpc) is 3.45. The van der Waals surface area contributed by atoms with Gasteiger partial charge in [-0.25, -0.2) is 0 Å². The Morgan fingerprint density at radius 1 is 1.02 bits per heavy atom. The lowest BCUT2D eigenvalue weighted by atomic mass is 10.0. The normalized spacial score (nSPS) is 16.7. The highest BCUT2D eigenvalue weighted by molar-refractivity contribution is 5.93. The summed E-state index contributed by atoms with van der Waals surface area (Å²) in [5.41, 5.74) is 4.43. The Balaban J connectivity index is 1.29. The topological polar surface area (TPSA) is 114 Å². The van der Waals surface area contributed by atoms with Crippen LogP contribution in [0, 0.1) is 0 Å². The number of nitrogens with zero attached hydrogens (tertiary/aromatic N) is 4. The molecule has 2 aromatic heterocycles. The molecule has 2 amide bonds. The number of carbonyl (C=O) groups is 2. The van der Waals surface area contributed by atoms with E-state index in [4.69, 9.17) is 9.47 Å². The van der Waals surface area contributed by atoms with Crippen LogP contribution in [0.4, 0.5) is 0 Å². The molecule has 2 aliphatic heterocycles. The number of aromatic nitrogens is 4. The predicted octanol–water partition coefficient (Wildman–Crippen LogP) is 3.67. The fourth-order valence-corrected chi connectivity index (χ4v) is 5.87. The second kappa shape index (κ2) is 12.0. The quantitative estimate of drug-likeness (QED) is 0.390. The van der Waals surface area contributed by atoms with Gasteiger partial charge in [0.05, 0.1) is 20.3 Å². The molecule has 10 nitrogen and oxygen atoms in total. The molecular weight excluding hydrogens is 520 g/mol. The molecular formula is C31H36N6O4. The van der Waals surface area contributed by atoms with E-state index in [2.05, 4.69) is 32.6 Å². The van der Waals surface area contributed by atoms with Crippen molar-refractivity contribution >= 4 is 22.7 Å². The lowest BCUT2D eigenvalue weighted by Gasteiger charge is -2.22. The lowest BCUT2D eigenvalue weighted by Crippen LogP contribution is -2.43. The van der Waals surface area contributed by atoms with E-state index in [0.29, 0.717) is 56.3 Å². The van der Waals surface area contributed by atoms with Crippen molar-refractivity contribution < 1.29 is 19.1 Å². The maximum absolute atomic E-state index is 13.7. The van der Waals surface area contributed by atoms with Crippen LogP contribution in [0.3, 0.4) is 0 Å². The molecule has 0 atom stereocenters. The maximum atomic E-state index is 13.7. The monoisotopic (exact) mass is 556 g/mol. The van der Waals surface area contributed by atoms with Crippen molar-refractivity contribution in [3.8, 4) is 11.5 Å². The summed E-state index contributed by atoms with van der Waals surface area (Å²) in [5, 5.41) is 12.7. The highest BCUT2D eigenvalue weighted by Crippen LogP contribution is 2.31. The molecule has 4 aromatic rings. The number of hydrogen-bond acceptors (Lipinski definition) is 6. The third-order valence-electron chi connectivity index (χ3n) is 7.96. The van der Waals surface area contributed by atoms with E-state index in [1.54, 1.807) is 12.0 Å². The summed E-state index contributed by atoms with van der Waals surface area (Å²) in [4.78, 5) is 32.0. The first kappa shape index (κ1) is 26.9. The minimum atomic E-state index is -0.277. The number of aryl methyl sites for hydroxylation is 1. The van der Waals surface area contributed by atoms with Crippen molar-refractivity contribution in [2.75, 3.05) is 33.4 Å². The first-order valence-electron chi connectivity index (χ1n) is 14.5. The zero-order valence-corrected chi connectivity index (χ0v) is 23.4. The van der Waals surface area contributed by atoms with Crippen molar-refractivity contribution in [2.24, 2.45) is 0 Å². The Bertz CT molecular complexity index is 1560. The van der Waals surface area contributed by atoms with Crippen LogP contribution in [-0.2, 0) is 30.6 Å². The van der Waals surface area contributed by atoms with Crippen LogP contribution in [0.1, 0.15) is 58.9 Å². The fraction of sp³-hybridized carbons (Fsp3) is 0.419. The molecule has 2 aliphatic rings. The predicted molar refractivity (Wildman–Crippen MR) is 154 cm³/mol. The van der Waals surface area contributed by atoms with Gasteiger partial charge in [0.15, 0.2) is 11.5 Å². The summed E-state index contributed by atoms with van der Waals surface area (Å²) in [6, 6.07) is 14.2. The number of ether oxygens (including phenoxy) is 2. The number of nitrogens with one attached hydrogen (secondary N) is 2. The van der Waals surface area contributed by atoms with Crippen LogP contribution in [0.5, 0.6) is 11.5 Å². The SMILES string of the molecule is COc1ccc2cc1OCCCN(C(=O)c1nnc3n1CCCCC3)CC(=O)NCCc1c([nH]c3ccccc13)C2. The van der Waals surface area contributed by atoms with Crippen LogP contribution < -0.4 is 14.8 Å². The van der Waals surface area contributed by atoms with Crippen LogP contribution >= 0.6 is 0 Å². The summed E-state index contributed by atoms with van der Waals surface area (Å²) in [6.07, 6.45) is 5.84. The summed E-state index contributed by atoms with van der Waals surface area (Å²) in [6.45, 7) is 1.84. The van der Waals surface area contributed by atoms with Gasteiger partial charge in [0.25, 0.3) is 5.91 Å². The van der Waals surface area contributed by atoms with E-state index in [9.17, 15) is 9.59 Å². The molecule has 214 valence electrons. The van der Waals surface area contributed by atoms with E-state index >= 15 is 0 Å². The Morgan fingerprint density at radius 2 is 1.93 bits per heavy atom. The first-order valence-corrected chi connectivity index (χ1v) is 14.5. The minimum absolute atomic E-state index is 0.0550. The fourth-order valence-electron chi connectivity index (χ4n) is 5.87. The van der Waals surface area contributed by atoms with Crippen molar-refractivity contribution in [1.29, 1.82) is 0 Å². The van der Waals surface area contributed by atoms with Gasteiger partial charge >= 0.3 is 0 Å². The molecule has 41 heavy (non-hydrogen) atoms. The Morgan fingerprint density at radius 3 is 2.83 bits per heavy atom. The van der Waals surface area contributed by atoms with Gasteiger partial charge < -0.3 is 29.2 Å². The molecule has 2 bridgehead atoms. The molecule has 4 heterocycles. The van der Waals surface area contributed by atoms with Gasteiger partial charge in [-0.15, -0.1) is 10.2 Å². The molecule has 0 aliphatic carbocycles. The van der Waals surface area contributed by atoms with Crippen LogP contribution in [0.25, 0.3) is 10.9 Å². The van der Waals surface area contributed by atoms with Crippen LogP contribution in [0.2, 0.25) is 0 Å². The molecule has 0 saturated heterocycles. The number of fused-ring (bicyclic) bond motifs is 6. The molecule has 0 spiro atoms. The van der Waals surface area contributed by atoms with E-state index < -0.39 is 0 Å². The molecule has 6 rings (SSSR count). The molecule has 0 saturated carbocycles. The summed E-state index contributed by atoms with van der Waals surface area (Å²) >= 11 is 0. The van der Waals surface area contributed by atoms with Crippen LogP contribution in [0.15, 0.2) is 42.5 Å². The molecule has 0 unspecified atom stereocenters. The van der Waals surface area contributed by atoms with Gasteiger partial charge in [-0.05, 0) is 55.0 Å². The molecule has 2 aromatic carbocycles. The van der Waals surface area contributed by atoms with Gasteiger partial charge in [-0.1, -0.05) is 30.7 Å². The number of benzene rings is 2. The highest BCUT2D eigenvalue weighted by atomic mass is 16.5. The third kappa shape index (κ3) is 5.77. The number of carbonyl (C=O) groups excluding carboxylic acids is 2. The Kier molecular flexibility index (Phi) is 7.89. The Labute approximate surface area is 239 Å². The second-order valence-electron chi connectivity index (χ2n) is 10.7. The molecule has 0 radical (unpaired) electrons. The van der Waals surface area contributed by atoms with Crippen LogP contribution in [-0.4, -0.2) is 69.8 Å². The number of aromatic amines is 1. The van der Waals surface area contributed by atoms with E-state index in [1.165, 1.54) is 5.56 Å². The lowest BCUT2D eigenvalue weighted by molar-refractivity contribution is -0.121. The van der Waals surface area contributed by atoms with Crippen molar-refractivity contribution in [3.63, 3.8) is 0 Å². The van der Waals surface area contributed by atoms with E-state index in [-0.39, 0.29) is 18.4 Å². The molecule has 10 heteroatoms. The number of rotatable bonds is 2. The Hall–Kier alpha value is -4.34. The third-order valence-corrected chi connectivity index (χ3v) is 7.96. The van der Waals surface area contributed by atoms with Gasteiger partial charge in [0, 0.05) is 49.1 Å². The average molecular weight is 557 g/mol. The van der Waals surface area contributed by atoms with Gasteiger partial charge in [0.2, 0.25) is 11.7 Å². The number of para-hydroxylation sites is 1. The zero-order valence-electron chi connectivity index (χ0n) is 23.4. The second-order valence-corrected chi connectivity index (χ2v) is 10.7. The van der Waals surface area contributed by atoms with Gasteiger partial charge in [-0.3, -0.25) is 9.59 Å². The molecule has 0 fully saturated rings. The van der Waals surface area contributed by atoms with E-state index in [0.717, 1.165) is 60.2 Å². The number of H-pyrrole nitrogens is 1. The number of amides is 2. The van der Waals surface area contributed by atoms with E-state index in [1.807, 2.05) is 34.9 Å². The molecule has 2 N–H and O–H groups in total. The smallest absolute Gasteiger partial charge is 0.292 e. The number of methoxy groups -OCH3 is 1. The van der Waals surface area contributed by atoms with Gasteiger partial charge in [-0.2, -0.15) is 0 Å². The summed E-state index contributed by atoms with van der Waals surface area (Å²) in [5.74, 6) is 1.99. The van der Waals surface area contributed by atoms with Crippen molar-refractivity contribution in [1.82, 2.24) is 30.0 Å².